The first-order valence-corrected chi connectivity index (χ1v) is 8.32. The number of nitrogens with zero attached hydrogens (tertiary/aromatic N) is 3. The number of aliphatic hydroxyl groups excluding tert-OH is 1. The van der Waals surface area contributed by atoms with Crippen LogP contribution in [0.4, 0.5) is 11.4 Å². The molecule has 0 bridgehead atoms. The molecule has 1 saturated heterocycles. The van der Waals surface area contributed by atoms with Gasteiger partial charge in [-0.3, -0.25) is 4.98 Å². The van der Waals surface area contributed by atoms with Gasteiger partial charge in [-0.15, -0.1) is 0 Å². The Bertz CT molecular complexity index is 718. The predicted octanol–water partition coefficient (Wildman–Crippen LogP) is 3.09. The lowest BCUT2D eigenvalue weighted by molar-refractivity contribution is 0.145. The van der Waals surface area contributed by atoms with Crippen molar-refractivity contribution in [3.8, 4) is 6.07 Å². The summed E-state index contributed by atoms with van der Waals surface area (Å²) in [5.41, 5.74) is 3.47. The Morgan fingerprint density at radius 2 is 2.08 bits per heavy atom. The van der Waals surface area contributed by atoms with Crippen LogP contribution in [-0.4, -0.2) is 29.3 Å². The minimum absolute atomic E-state index is 0.0636. The highest BCUT2D eigenvalue weighted by Crippen LogP contribution is 2.28. The summed E-state index contributed by atoms with van der Waals surface area (Å²) in [7, 11) is 0. The van der Waals surface area contributed by atoms with Gasteiger partial charge in [0.2, 0.25) is 0 Å². The van der Waals surface area contributed by atoms with E-state index in [9.17, 15) is 10.4 Å². The molecule has 1 aliphatic rings. The molecule has 1 fully saturated rings. The van der Waals surface area contributed by atoms with Gasteiger partial charge in [0.1, 0.15) is 6.07 Å². The molecule has 2 heterocycles. The van der Waals surface area contributed by atoms with Crippen molar-refractivity contribution in [2.45, 2.75) is 31.9 Å². The van der Waals surface area contributed by atoms with E-state index >= 15 is 0 Å². The smallest absolute Gasteiger partial charge is 0.101 e. The summed E-state index contributed by atoms with van der Waals surface area (Å²) in [6, 6.07) is 14.1. The van der Waals surface area contributed by atoms with Gasteiger partial charge >= 0.3 is 0 Å². The van der Waals surface area contributed by atoms with Gasteiger partial charge in [-0.25, -0.2) is 0 Å². The van der Waals surface area contributed by atoms with Crippen LogP contribution in [0.25, 0.3) is 0 Å². The number of anilines is 2. The van der Waals surface area contributed by atoms with E-state index in [0.29, 0.717) is 5.56 Å². The maximum Gasteiger partial charge on any atom is 0.101 e. The molecule has 124 valence electrons. The number of aliphatic hydroxyl groups is 1. The lowest BCUT2D eigenvalue weighted by Gasteiger charge is -2.32. The van der Waals surface area contributed by atoms with Gasteiger partial charge < -0.3 is 15.3 Å². The van der Waals surface area contributed by atoms with Gasteiger partial charge in [0, 0.05) is 25.0 Å². The Morgan fingerprint density at radius 1 is 1.29 bits per heavy atom. The Hall–Kier alpha value is -2.58. The number of nitrogens with one attached hydrogen (secondary N) is 1. The quantitative estimate of drug-likeness (QED) is 0.905. The van der Waals surface area contributed by atoms with Crippen LogP contribution in [-0.2, 0) is 0 Å². The third kappa shape index (κ3) is 3.66. The second-order valence-corrected chi connectivity index (χ2v) is 6.18. The Labute approximate surface area is 142 Å². The molecule has 1 aromatic carbocycles. The molecule has 0 spiro atoms. The Morgan fingerprint density at radius 3 is 2.75 bits per heavy atom. The number of pyridine rings is 1. The predicted molar refractivity (Wildman–Crippen MR) is 94.9 cm³/mol. The zero-order valence-corrected chi connectivity index (χ0v) is 13.8. The normalized spacial score (nSPS) is 16.5. The molecule has 1 atom stereocenters. The lowest BCUT2D eigenvalue weighted by atomic mass is 10.0. The van der Waals surface area contributed by atoms with Crippen molar-refractivity contribution in [2.24, 2.45) is 0 Å². The number of nitriles is 1. The van der Waals surface area contributed by atoms with Crippen molar-refractivity contribution in [1.82, 2.24) is 4.98 Å². The van der Waals surface area contributed by atoms with E-state index in [1.807, 2.05) is 43.3 Å². The van der Waals surface area contributed by atoms with E-state index in [0.717, 1.165) is 43.0 Å². The van der Waals surface area contributed by atoms with Gasteiger partial charge in [0.25, 0.3) is 0 Å². The fraction of sp³-hybridized carbons (Fsp3) is 0.368. The number of rotatable bonds is 4. The lowest BCUT2D eigenvalue weighted by Crippen LogP contribution is -2.36. The number of aromatic nitrogens is 1. The van der Waals surface area contributed by atoms with Crippen LogP contribution >= 0.6 is 0 Å². The number of piperidine rings is 1. The molecule has 2 aromatic rings. The summed E-state index contributed by atoms with van der Waals surface area (Å²) in [6.45, 7) is 3.62. The van der Waals surface area contributed by atoms with E-state index in [1.54, 1.807) is 6.20 Å². The maximum atomic E-state index is 9.64. The maximum absolute atomic E-state index is 9.64. The van der Waals surface area contributed by atoms with Gasteiger partial charge in [0.05, 0.1) is 29.1 Å². The average Bonchev–Trinajstić information content (AvgIpc) is 2.63. The van der Waals surface area contributed by atoms with Crippen LogP contribution in [0.1, 0.15) is 37.1 Å². The topological polar surface area (TPSA) is 72.2 Å². The summed E-state index contributed by atoms with van der Waals surface area (Å²) < 4.78 is 0. The molecule has 1 unspecified atom stereocenters. The summed E-state index contributed by atoms with van der Waals surface area (Å²) in [6.07, 6.45) is 3.07. The SMILES string of the molecule is CC(Nc1ccc(N2CCC(O)CC2)c(C#N)c1)c1ccccn1. The summed E-state index contributed by atoms with van der Waals surface area (Å²) in [5.74, 6) is 0. The summed E-state index contributed by atoms with van der Waals surface area (Å²) in [5, 5.41) is 22.6. The number of benzene rings is 1. The van der Waals surface area contributed by atoms with Crippen molar-refractivity contribution in [3.63, 3.8) is 0 Å². The molecule has 0 radical (unpaired) electrons. The van der Waals surface area contributed by atoms with Gasteiger partial charge in [-0.1, -0.05) is 6.07 Å². The molecule has 0 aliphatic carbocycles. The zero-order valence-electron chi connectivity index (χ0n) is 13.8. The van der Waals surface area contributed by atoms with E-state index in [1.165, 1.54) is 0 Å². The molecular formula is C19H22N4O. The molecule has 24 heavy (non-hydrogen) atoms. The van der Waals surface area contributed by atoms with Crippen molar-refractivity contribution in [3.05, 3.63) is 53.9 Å². The molecule has 1 aliphatic heterocycles. The van der Waals surface area contributed by atoms with Crippen molar-refractivity contribution >= 4 is 11.4 Å². The highest BCUT2D eigenvalue weighted by Gasteiger charge is 2.19. The monoisotopic (exact) mass is 322 g/mol. The van der Waals surface area contributed by atoms with Crippen LogP contribution < -0.4 is 10.2 Å². The van der Waals surface area contributed by atoms with Crippen LogP contribution in [0.15, 0.2) is 42.6 Å². The van der Waals surface area contributed by atoms with Crippen molar-refractivity contribution < 1.29 is 5.11 Å². The molecule has 0 saturated carbocycles. The highest BCUT2D eigenvalue weighted by molar-refractivity contribution is 5.66. The first-order chi connectivity index (χ1) is 11.7. The number of hydrogen-bond acceptors (Lipinski definition) is 5. The van der Waals surface area contributed by atoms with E-state index in [2.05, 4.69) is 21.3 Å². The van der Waals surface area contributed by atoms with E-state index < -0.39 is 0 Å². The van der Waals surface area contributed by atoms with Gasteiger partial charge in [-0.2, -0.15) is 5.26 Å². The zero-order chi connectivity index (χ0) is 16.9. The Balaban J connectivity index is 1.76. The first kappa shape index (κ1) is 16.3. The first-order valence-electron chi connectivity index (χ1n) is 8.32. The van der Waals surface area contributed by atoms with Gasteiger partial charge in [0.15, 0.2) is 0 Å². The van der Waals surface area contributed by atoms with Crippen molar-refractivity contribution in [1.29, 1.82) is 5.26 Å². The molecule has 1 aromatic heterocycles. The minimum atomic E-state index is -0.216. The minimum Gasteiger partial charge on any atom is -0.393 e. The average molecular weight is 322 g/mol. The standard InChI is InChI=1S/C19H22N4O/c1-14(18-4-2-3-9-21-18)22-16-5-6-19(15(12-16)13-20)23-10-7-17(24)8-11-23/h2-6,9,12,14,17,22,24H,7-8,10-11H2,1H3. The highest BCUT2D eigenvalue weighted by atomic mass is 16.3. The summed E-state index contributed by atoms with van der Waals surface area (Å²) in [4.78, 5) is 6.53. The van der Waals surface area contributed by atoms with Crippen LogP contribution in [0.3, 0.4) is 0 Å². The second kappa shape index (κ2) is 7.33. The molecule has 5 heteroatoms. The van der Waals surface area contributed by atoms with Crippen molar-refractivity contribution in [2.75, 3.05) is 23.3 Å². The summed E-state index contributed by atoms with van der Waals surface area (Å²) >= 11 is 0. The van der Waals surface area contributed by atoms with Crippen LogP contribution in [0.5, 0.6) is 0 Å². The fourth-order valence-corrected chi connectivity index (χ4v) is 3.05. The number of hydrogen-bond donors (Lipinski definition) is 2. The Kier molecular flexibility index (Phi) is 4.97. The molecule has 2 N–H and O–H groups in total. The third-order valence-corrected chi connectivity index (χ3v) is 4.44. The molecule has 5 nitrogen and oxygen atoms in total. The second-order valence-electron chi connectivity index (χ2n) is 6.18. The van der Waals surface area contributed by atoms with Crippen LogP contribution in [0, 0.1) is 11.3 Å². The van der Waals surface area contributed by atoms with Crippen LogP contribution in [0.2, 0.25) is 0 Å². The third-order valence-electron chi connectivity index (χ3n) is 4.44. The molecule has 3 rings (SSSR count). The molecule has 0 amide bonds. The fourth-order valence-electron chi connectivity index (χ4n) is 3.05. The molecular weight excluding hydrogens is 300 g/mol. The van der Waals surface area contributed by atoms with Gasteiger partial charge in [-0.05, 0) is 50.1 Å². The van der Waals surface area contributed by atoms with E-state index in [-0.39, 0.29) is 12.1 Å². The largest absolute Gasteiger partial charge is 0.393 e. The van der Waals surface area contributed by atoms with E-state index in [4.69, 9.17) is 0 Å².